The van der Waals surface area contributed by atoms with Crippen LogP contribution in [0.25, 0.3) is 0 Å². The third kappa shape index (κ3) is 4.41. The molecule has 19 heavy (non-hydrogen) atoms. The van der Waals surface area contributed by atoms with Crippen molar-refractivity contribution in [3.8, 4) is 5.88 Å². The molecule has 0 aliphatic heterocycles. The van der Waals surface area contributed by atoms with Gasteiger partial charge in [-0.3, -0.25) is 0 Å². The van der Waals surface area contributed by atoms with E-state index in [0.29, 0.717) is 23.9 Å². The second kappa shape index (κ2) is 6.27. The number of nitrogens with zero attached hydrogens (tertiary/aromatic N) is 1. The number of hydrogen-bond acceptors (Lipinski definition) is 3. The van der Waals surface area contributed by atoms with Gasteiger partial charge in [0.1, 0.15) is 0 Å². The summed E-state index contributed by atoms with van der Waals surface area (Å²) in [5.74, 6) is 0.704. The Balaban J connectivity index is 1.90. The molecule has 1 atom stereocenters. The van der Waals surface area contributed by atoms with E-state index in [2.05, 4.69) is 30.2 Å². The standard InChI is InChI=1S/C16H26N2O/c1-4-19-15-8-7-14(12-17-15)18-13-6-5-10-16(2,3)11-9-13/h7-8,12-13,18H,4-6,9-11H2,1-3H3. The lowest BCUT2D eigenvalue weighted by atomic mass is 9.85. The summed E-state index contributed by atoms with van der Waals surface area (Å²) in [5, 5.41) is 3.61. The smallest absolute Gasteiger partial charge is 0.213 e. The number of pyridine rings is 1. The summed E-state index contributed by atoms with van der Waals surface area (Å²) >= 11 is 0. The Kier molecular flexibility index (Phi) is 4.67. The van der Waals surface area contributed by atoms with Gasteiger partial charge in [-0.1, -0.05) is 20.3 Å². The van der Waals surface area contributed by atoms with Crippen LogP contribution in [0.5, 0.6) is 5.88 Å². The quantitative estimate of drug-likeness (QED) is 0.824. The Labute approximate surface area is 116 Å². The molecule has 1 fully saturated rings. The van der Waals surface area contributed by atoms with Crippen LogP contribution in [0.15, 0.2) is 18.3 Å². The molecule has 3 heteroatoms. The highest BCUT2D eigenvalue weighted by atomic mass is 16.5. The highest BCUT2D eigenvalue weighted by Crippen LogP contribution is 2.34. The number of hydrogen-bond donors (Lipinski definition) is 1. The molecule has 2 rings (SSSR count). The molecule has 1 unspecified atom stereocenters. The lowest BCUT2D eigenvalue weighted by Crippen LogP contribution is -2.19. The molecule has 1 N–H and O–H groups in total. The highest BCUT2D eigenvalue weighted by Gasteiger charge is 2.24. The first kappa shape index (κ1) is 14.2. The SMILES string of the molecule is CCOc1ccc(NC2CCCC(C)(C)CC2)cn1. The maximum atomic E-state index is 5.36. The molecule has 3 nitrogen and oxygen atoms in total. The molecule has 1 saturated carbocycles. The van der Waals surface area contributed by atoms with Gasteiger partial charge in [0, 0.05) is 12.1 Å². The Morgan fingerprint density at radius 1 is 1.32 bits per heavy atom. The predicted octanol–water partition coefficient (Wildman–Crippen LogP) is 4.25. The first-order valence-electron chi connectivity index (χ1n) is 7.44. The van der Waals surface area contributed by atoms with Crippen molar-refractivity contribution in [3.63, 3.8) is 0 Å². The molecule has 0 amide bonds. The summed E-state index contributed by atoms with van der Waals surface area (Å²) in [4.78, 5) is 4.30. The van der Waals surface area contributed by atoms with Gasteiger partial charge in [0.05, 0.1) is 18.5 Å². The minimum Gasteiger partial charge on any atom is -0.478 e. The van der Waals surface area contributed by atoms with Gasteiger partial charge in [0.25, 0.3) is 0 Å². The van der Waals surface area contributed by atoms with Gasteiger partial charge in [-0.05, 0) is 44.1 Å². The maximum Gasteiger partial charge on any atom is 0.213 e. The molecular weight excluding hydrogens is 236 g/mol. The third-order valence-corrected chi connectivity index (χ3v) is 3.98. The van der Waals surface area contributed by atoms with Crippen molar-refractivity contribution in [1.82, 2.24) is 4.98 Å². The molecule has 1 aromatic rings. The molecule has 1 aliphatic rings. The number of nitrogens with one attached hydrogen (secondary N) is 1. The first-order valence-corrected chi connectivity index (χ1v) is 7.44. The van der Waals surface area contributed by atoms with Gasteiger partial charge >= 0.3 is 0 Å². The molecule has 1 heterocycles. The average Bonchev–Trinajstić information content (AvgIpc) is 2.54. The summed E-state index contributed by atoms with van der Waals surface area (Å²) in [6, 6.07) is 4.59. The van der Waals surface area contributed by atoms with Gasteiger partial charge in [-0.2, -0.15) is 0 Å². The fourth-order valence-corrected chi connectivity index (χ4v) is 2.74. The largest absolute Gasteiger partial charge is 0.478 e. The van der Waals surface area contributed by atoms with Crippen LogP contribution in [0.3, 0.4) is 0 Å². The molecule has 0 aromatic carbocycles. The Morgan fingerprint density at radius 2 is 2.16 bits per heavy atom. The normalized spacial score (nSPS) is 22.6. The van der Waals surface area contributed by atoms with E-state index in [-0.39, 0.29) is 0 Å². The Morgan fingerprint density at radius 3 is 2.84 bits per heavy atom. The van der Waals surface area contributed by atoms with Crippen molar-refractivity contribution >= 4 is 5.69 Å². The second-order valence-electron chi connectivity index (χ2n) is 6.25. The summed E-state index contributed by atoms with van der Waals surface area (Å²) < 4.78 is 5.36. The van der Waals surface area contributed by atoms with E-state index >= 15 is 0 Å². The molecular formula is C16H26N2O. The summed E-state index contributed by atoms with van der Waals surface area (Å²) in [6.07, 6.45) is 8.34. The molecule has 0 bridgehead atoms. The van der Waals surface area contributed by atoms with Crippen LogP contribution < -0.4 is 10.1 Å². The number of ether oxygens (including phenoxy) is 1. The van der Waals surface area contributed by atoms with Crippen molar-refractivity contribution in [2.75, 3.05) is 11.9 Å². The van der Waals surface area contributed by atoms with Gasteiger partial charge in [0.2, 0.25) is 5.88 Å². The van der Waals surface area contributed by atoms with E-state index in [1.54, 1.807) is 0 Å². The van der Waals surface area contributed by atoms with E-state index < -0.39 is 0 Å². The van der Waals surface area contributed by atoms with Gasteiger partial charge in [-0.25, -0.2) is 4.98 Å². The fourth-order valence-electron chi connectivity index (χ4n) is 2.74. The minimum atomic E-state index is 0.507. The minimum absolute atomic E-state index is 0.507. The lowest BCUT2D eigenvalue weighted by molar-refractivity contribution is 0.313. The Bertz CT molecular complexity index is 386. The topological polar surface area (TPSA) is 34.1 Å². The van der Waals surface area contributed by atoms with Crippen molar-refractivity contribution in [3.05, 3.63) is 18.3 Å². The van der Waals surface area contributed by atoms with Gasteiger partial charge in [0.15, 0.2) is 0 Å². The lowest BCUT2D eigenvalue weighted by Gasteiger charge is -2.22. The molecule has 1 aliphatic carbocycles. The molecule has 0 spiro atoms. The molecule has 1 aromatic heterocycles. The number of rotatable bonds is 4. The van der Waals surface area contributed by atoms with Crippen molar-refractivity contribution in [1.29, 1.82) is 0 Å². The average molecular weight is 262 g/mol. The van der Waals surface area contributed by atoms with Gasteiger partial charge in [-0.15, -0.1) is 0 Å². The monoisotopic (exact) mass is 262 g/mol. The first-order chi connectivity index (χ1) is 9.09. The van der Waals surface area contributed by atoms with E-state index in [9.17, 15) is 0 Å². The van der Waals surface area contributed by atoms with Crippen molar-refractivity contribution in [2.45, 2.75) is 58.9 Å². The van der Waals surface area contributed by atoms with Crippen LogP contribution in [0.1, 0.15) is 52.9 Å². The zero-order valence-electron chi connectivity index (χ0n) is 12.4. The zero-order valence-corrected chi connectivity index (χ0v) is 12.4. The van der Waals surface area contributed by atoms with E-state index in [4.69, 9.17) is 4.74 Å². The van der Waals surface area contributed by atoms with Crippen molar-refractivity contribution in [2.24, 2.45) is 5.41 Å². The van der Waals surface area contributed by atoms with Crippen LogP contribution in [-0.4, -0.2) is 17.6 Å². The number of anilines is 1. The maximum absolute atomic E-state index is 5.36. The third-order valence-electron chi connectivity index (χ3n) is 3.98. The van der Waals surface area contributed by atoms with Crippen LogP contribution in [0, 0.1) is 5.41 Å². The fraction of sp³-hybridized carbons (Fsp3) is 0.688. The van der Waals surface area contributed by atoms with Crippen LogP contribution in [0.2, 0.25) is 0 Å². The van der Waals surface area contributed by atoms with Crippen LogP contribution in [-0.2, 0) is 0 Å². The van der Waals surface area contributed by atoms with E-state index in [0.717, 1.165) is 5.69 Å². The molecule has 0 radical (unpaired) electrons. The summed E-state index contributed by atoms with van der Waals surface area (Å²) in [6.45, 7) is 7.40. The Hall–Kier alpha value is -1.25. The van der Waals surface area contributed by atoms with E-state index in [1.165, 1.54) is 32.1 Å². The predicted molar refractivity (Wildman–Crippen MR) is 79.7 cm³/mol. The second-order valence-corrected chi connectivity index (χ2v) is 6.25. The summed E-state index contributed by atoms with van der Waals surface area (Å²) in [7, 11) is 0. The number of aromatic nitrogens is 1. The molecule has 0 saturated heterocycles. The highest BCUT2D eigenvalue weighted by molar-refractivity contribution is 5.43. The van der Waals surface area contributed by atoms with E-state index in [1.807, 2.05) is 19.2 Å². The molecule has 106 valence electrons. The van der Waals surface area contributed by atoms with Gasteiger partial charge < -0.3 is 10.1 Å². The summed E-state index contributed by atoms with van der Waals surface area (Å²) in [5.41, 5.74) is 1.61. The van der Waals surface area contributed by atoms with Crippen LogP contribution >= 0.6 is 0 Å². The van der Waals surface area contributed by atoms with Crippen LogP contribution in [0.4, 0.5) is 5.69 Å². The zero-order chi connectivity index (χ0) is 13.7. The van der Waals surface area contributed by atoms with Crippen molar-refractivity contribution < 1.29 is 4.74 Å².